The molecule has 0 unspecified atom stereocenters. The van der Waals surface area contributed by atoms with E-state index in [4.69, 9.17) is 22.1 Å². The molecule has 0 aromatic heterocycles. The van der Waals surface area contributed by atoms with E-state index in [1.165, 1.54) is 12.1 Å². The number of esters is 1. The van der Waals surface area contributed by atoms with Crippen LogP contribution < -0.4 is 5.73 Å². The van der Waals surface area contributed by atoms with Crippen LogP contribution >= 0.6 is 11.6 Å². The second-order valence-corrected chi connectivity index (χ2v) is 5.05. The predicted molar refractivity (Wildman–Crippen MR) is 77.7 cm³/mol. The molecule has 0 heterocycles. The minimum absolute atomic E-state index is 0.0265. The first-order valence-electron chi connectivity index (χ1n) is 6.34. The number of ether oxygens (including phenoxy) is 1. The van der Waals surface area contributed by atoms with Crippen molar-refractivity contribution in [3.63, 3.8) is 0 Å². The van der Waals surface area contributed by atoms with E-state index in [1.807, 2.05) is 0 Å². The maximum Gasteiger partial charge on any atom is 0.349 e. The Morgan fingerprint density at radius 3 is 2.45 bits per heavy atom. The van der Waals surface area contributed by atoms with Gasteiger partial charge in [0.2, 0.25) is 4.87 Å². The van der Waals surface area contributed by atoms with Gasteiger partial charge in [0.15, 0.2) is 5.78 Å². The fourth-order valence-corrected chi connectivity index (χ4v) is 2.63. The van der Waals surface area contributed by atoms with Gasteiger partial charge in [0.1, 0.15) is 11.6 Å². The van der Waals surface area contributed by atoms with Gasteiger partial charge in [-0.25, -0.2) is 4.79 Å². The van der Waals surface area contributed by atoms with Crippen LogP contribution in [-0.2, 0) is 14.3 Å². The lowest BCUT2D eigenvalue weighted by Gasteiger charge is -2.18. The highest BCUT2D eigenvalue weighted by Crippen LogP contribution is 2.46. The largest absolute Gasteiger partial charge is 0.462 e. The Morgan fingerprint density at radius 1 is 1.36 bits per heavy atom. The summed E-state index contributed by atoms with van der Waals surface area (Å²) < 4.78 is 4.79. The molecular weight excluding hydrogens is 308 g/mol. The van der Waals surface area contributed by atoms with Crippen LogP contribution in [0.5, 0.6) is 0 Å². The molecule has 1 atom stereocenters. The molecule has 0 bridgehead atoms. The molecule has 1 amide bonds. The number of hydrogen-bond donors (Lipinski definition) is 1. The zero-order valence-electron chi connectivity index (χ0n) is 11.6. The van der Waals surface area contributed by atoms with E-state index in [9.17, 15) is 19.6 Å². The lowest BCUT2D eigenvalue weighted by atomic mass is 9.92. The van der Waals surface area contributed by atoms with E-state index in [0.717, 1.165) is 0 Å². The molecule has 0 spiro atoms. The summed E-state index contributed by atoms with van der Waals surface area (Å²) in [5.41, 5.74) is 4.90. The topological polar surface area (TPSA) is 110 Å². The zero-order chi connectivity index (χ0) is 16.5. The number of Topliss-reactive ketones (excluding diaryl/α,β-unsaturated/α-hetero) is 1. The maximum absolute atomic E-state index is 12.4. The number of nitriles is 1. The number of nitrogens with zero attached hydrogens (tertiary/aromatic N) is 1. The Hall–Kier alpha value is -2.65. The number of ketones is 1. The van der Waals surface area contributed by atoms with E-state index >= 15 is 0 Å². The highest BCUT2D eigenvalue weighted by atomic mass is 35.5. The third-order valence-corrected chi connectivity index (χ3v) is 3.83. The molecule has 6 nitrogen and oxygen atoms in total. The van der Waals surface area contributed by atoms with Crippen molar-refractivity contribution in [3.8, 4) is 6.07 Å². The monoisotopic (exact) mass is 318 g/mol. The maximum atomic E-state index is 12.4. The summed E-state index contributed by atoms with van der Waals surface area (Å²) in [5, 5.41) is 9.28. The Bertz CT molecular complexity index is 763. The smallest absolute Gasteiger partial charge is 0.349 e. The molecule has 0 fully saturated rings. The molecule has 0 saturated carbocycles. The molecule has 22 heavy (non-hydrogen) atoms. The molecule has 112 valence electrons. The number of carbonyl (C=O) groups is 3. The molecule has 1 aromatic carbocycles. The fraction of sp³-hybridized carbons (Fsp3) is 0.200. The number of amides is 1. The molecule has 1 aliphatic rings. The molecular formula is C15H11ClN2O4. The summed E-state index contributed by atoms with van der Waals surface area (Å²) in [6.45, 7) is 1.59. The fourth-order valence-electron chi connectivity index (χ4n) is 2.33. The minimum Gasteiger partial charge on any atom is -0.462 e. The molecule has 0 radical (unpaired) electrons. The zero-order valence-corrected chi connectivity index (χ0v) is 12.3. The summed E-state index contributed by atoms with van der Waals surface area (Å²) >= 11 is 6.16. The molecule has 0 aliphatic heterocycles. The van der Waals surface area contributed by atoms with Gasteiger partial charge in [-0.05, 0) is 12.5 Å². The highest BCUT2D eigenvalue weighted by Gasteiger charge is 2.55. The summed E-state index contributed by atoms with van der Waals surface area (Å²) in [6, 6.07) is 7.77. The van der Waals surface area contributed by atoms with E-state index in [2.05, 4.69) is 0 Å². The number of benzene rings is 1. The van der Waals surface area contributed by atoms with Crippen LogP contribution in [0.3, 0.4) is 0 Å². The van der Waals surface area contributed by atoms with Crippen LogP contribution in [0.2, 0.25) is 0 Å². The number of primary amides is 1. The number of rotatable bonds is 3. The molecule has 1 aromatic rings. The Labute approximate surface area is 131 Å². The molecule has 2 N–H and O–H groups in total. The van der Waals surface area contributed by atoms with Gasteiger partial charge < -0.3 is 10.5 Å². The second kappa shape index (κ2) is 5.62. The van der Waals surface area contributed by atoms with Gasteiger partial charge in [0.25, 0.3) is 5.91 Å². The van der Waals surface area contributed by atoms with Crippen molar-refractivity contribution < 1.29 is 19.1 Å². The number of nitrogens with two attached hydrogens (primary N) is 1. The van der Waals surface area contributed by atoms with Gasteiger partial charge in [0.05, 0.1) is 6.61 Å². The van der Waals surface area contributed by atoms with Gasteiger partial charge in [0, 0.05) is 11.1 Å². The lowest BCUT2D eigenvalue weighted by molar-refractivity contribution is -0.137. The van der Waals surface area contributed by atoms with Crippen molar-refractivity contribution in [2.75, 3.05) is 6.61 Å². The van der Waals surface area contributed by atoms with E-state index < -0.39 is 28.1 Å². The van der Waals surface area contributed by atoms with Crippen LogP contribution in [0.25, 0.3) is 5.57 Å². The highest BCUT2D eigenvalue weighted by molar-refractivity contribution is 6.58. The third kappa shape index (κ3) is 2.07. The number of carbonyl (C=O) groups excluding carboxylic acids is 3. The van der Waals surface area contributed by atoms with Crippen LogP contribution in [-0.4, -0.2) is 29.1 Å². The first-order chi connectivity index (χ1) is 10.4. The predicted octanol–water partition coefficient (Wildman–Crippen LogP) is 1.19. The number of alkyl halides is 1. The van der Waals surface area contributed by atoms with Crippen molar-refractivity contribution >= 4 is 34.8 Å². The van der Waals surface area contributed by atoms with Crippen molar-refractivity contribution in [2.24, 2.45) is 5.73 Å². The molecule has 7 heteroatoms. The minimum atomic E-state index is -2.29. The Morgan fingerprint density at radius 2 is 1.95 bits per heavy atom. The number of hydrogen-bond acceptors (Lipinski definition) is 5. The first kappa shape index (κ1) is 15.7. The number of halogens is 1. The van der Waals surface area contributed by atoms with Crippen molar-refractivity contribution in [2.45, 2.75) is 11.8 Å². The van der Waals surface area contributed by atoms with Crippen LogP contribution in [0.15, 0.2) is 29.8 Å². The van der Waals surface area contributed by atoms with Crippen molar-refractivity contribution in [3.05, 3.63) is 41.0 Å². The van der Waals surface area contributed by atoms with Crippen LogP contribution in [0.1, 0.15) is 22.8 Å². The Kier molecular flexibility index (Phi) is 4.02. The van der Waals surface area contributed by atoms with Crippen LogP contribution in [0, 0.1) is 11.3 Å². The second-order valence-electron chi connectivity index (χ2n) is 4.48. The van der Waals surface area contributed by atoms with Crippen molar-refractivity contribution in [1.82, 2.24) is 0 Å². The van der Waals surface area contributed by atoms with Crippen molar-refractivity contribution in [1.29, 1.82) is 5.26 Å². The van der Waals surface area contributed by atoms with E-state index in [0.29, 0.717) is 0 Å². The van der Waals surface area contributed by atoms with Gasteiger partial charge in [-0.1, -0.05) is 35.9 Å². The normalized spacial score (nSPS) is 21.8. The lowest BCUT2D eigenvalue weighted by Crippen LogP contribution is -2.44. The summed E-state index contributed by atoms with van der Waals surface area (Å²) in [7, 11) is 0. The SMILES string of the molecule is CCOC(=O)/C(C#N)=C1\c2ccccc2C(=O)[C@]1(Cl)C(N)=O. The Balaban J connectivity index is 2.85. The average Bonchev–Trinajstić information content (AvgIpc) is 2.72. The third-order valence-electron chi connectivity index (χ3n) is 3.28. The summed E-state index contributed by atoms with van der Waals surface area (Å²) in [4.78, 5) is 33.9. The molecule has 2 rings (SSSR count). The number of fused-ring (bicyclic) bond motifs is 1. The van der Waals surface area contributed by atoms with E-state index in [-0.39, 0.29) is 23.3 Å². The van der Waals surface area contributed by atoms with Crippen LogP contribution in [0.4, 0.5) is 0 Å². The first-order valence-corrected chi connectivity index (χ1v) is 6.72. The van der Waals surface area contributed by atoms with Gasteiger partial charge >= 0.3 is 5.97 Å². The quantitative estimate of drug-likeness (QED) is 0.296. The molecule has 0 saturated heterocycles. The summed E-state index contributed by atoms with van der Waals surface area (Å²) in [6.07, 6.45) is 0. The van der Waals surface area contributed by atoms with Gasteiger partial charge in [-0.15, -0.1) is 0 Å². The van der Waals surface area contributed by atoms with Gasteiger partial charge in [-0.3, -0.25) is 9.59 Å². The average molecular weight is 319 g/mol. The molecule has 1 aliphatic carbocycles. The summed E-state index contributed by atoms with van der Waals surface area (Å²) in [5.74, 6) is -2.87. The van der Waals surface area contributed by atoms with Gasteiger partial charge in [-0.2, -0.15) is 5.26 Å². The standard InChI is InChI=1S/C15H11ClN2O4/c1-2-22-13(20)10(7-17)11-8-5-3-4-6-9(8)12(19)15(11,16)14(18)21/h3-6H,2H2,1H3,(H2,18,21)/b11-10+/t15-/m0/s1. The van der Waals surface area contributed by atoms with E-state index in [1.54, 1.807) is 25.1 Å².